The second-order valence-electron chi connectivity index (χ2n) is 5.38. The number of nitrogens with zero attached hydrogens (tertiary/aromatic N) is 1. The standard InChI is InChI=1S/C14H17NO4S/c1-8-2-5-20-12(8)9-6-10(9)13(16)15-3-4-19-7-11(15)14(17)18/h2,5,9-11H,3-4,6-7H2,1H3,(H,17,18). The van der Waals surface area contributed by atoms with Crippen molar-refractivity contribution in [3.8, 4) is 0 Å². The highest BCUT2D eigenvalue weighted by Gasteiger charge is 2.49. The molecule has 2 aliphatic rings. The molecule has 2 heterocycles. The number of hydrogen-bond donors (Lipinski definition) is 1. The van der Waals surface area contributed by atoms with E-state index in [-0.39, 0.29) is 24.3 Å². The van der Waals surface area contributed by atoms with Gasteiger partial charge in [0, 0.05) is 23.3 Å². The van der Waals surface area contributed by atoms with Crippen molar-refractivity contribution in [2.75, 3.05) is 19.8 Å². The number of thiophene rings is 1. The molecule has 2 fully saturated rings. The van der Waals surface area contributed by atoms with E-state index < -0.39 is 12.0 Å². The topological polar surface area (TPSA) is 66.8 Å². The first-order chi connectivity index (χ1) is 9.59. The number of aliphatic carboxylic acids is 1. The molecule has 3 unspecified atom stereocenters. The number of morpholine rings is 1. The summed E-state index contributed by atoms with van der Waals surface area (Å²) < 4.78 is 5.17. The fourth-order valence-corrected chi connectivity index (χ4v) is 3.92. The largest absolute Gasteiger partial charge is 0.480 e. The summed E-state index contributed by atoms with van der Waals surface area (Å²) in [6.07, 6.45) is 0.837. The molecule has 3 rings (SSSR count). The molecule has 1 saturated heterocycles. The Hall–Kier alpha value is -1.40. The van der Waals surface area contributed by atoms with Crippen LogP contribution in [0.4, 0.5) is 0 Å². The molecule has 0 spiro atoms. The predicted octanol–water partition coefficient (Wildman–Crippen LogP) is 1.47. The van der Waals surface area contributed by atoms with Crippen LogP contribution in [-0.2, 0) is 14.3 Å². The van der Waals surface area contributed by atoms with Crippen LogP contribution in [0.1, 0.15) is 22.8 Å². The van der Waals surface area contributed by atoms with Gasteiger partial charge in [0.25, 0.3) is 0 Å². The third-order valence-electron chi connectivity index (χ3n) is 4.04. The van der Waals surface area contributed by atoms with Crippen molar-refractivity contribution in [2.45, 2.75) is 25.3 Å². The monoisotopic (exact) mass is 295 g/mol. The lowest BCUT2D eigenvalue weighted by atomic mass is 10.1. The smallest absolute Gasteiger partial charge is 0.328 e. The molecule has 3 atom stereocenters. The van der Waals surface area contributed by atoms with E-state index in [9.17, 15) is 14.7 Å². The lowest BCUT2D eigenvalue weighted by Gasteiger charge is -2.33. The van der Waals surface area contributed by atoms with Gasteiger partial charge in [-0.1, -0.05) is 0 Å². The van der Waals surface area contributed by atoms with Gasteiger partial charge in [-0.3, -0.25) is 4.79 Å². The summed E-state index contributed by atoms with van der Waals surface area (Å²) in [6, 6.07) is 1.23. The van der Waals surface area contributed by atoms with Gasteiger partial charge in [0.2, 0.25) is 5.91 Å². The lowest BCUT2D eigenvalue weighted by molar-refractivity contribution is -0.158. The normalized spacial score (nSPS) is 29.2. The summed E-state index contributed by atoms with van der Waals surface area (Å²) in [7, 11) is 0. The highest BCUT2D eigenvalue weighted by molar-refractivity contribution is 7.10. The van der Waals surface area contributed by atoms with Crippen molar-refractivity contribution in [3.63, 3.8) is 0 Å². The van der Waals surface area contributed by atoms with Gasteiger partial charge in [-0.25, -0.2) is 4.79 Å². The number of aryl methyl sites for hydroxylation is 1. The molecule has 1 aliphatic heterocycles. The van der Waals surface area contributed by atoms with Crippen molar-refractivity contribution >= 4 is 23.2 Å². The Bertz CT molecular complexity index is 541. The average molecular weight is 295 g/mol. The maximum Gasteiger partial charge on any atom is 0.328 e. The maximum absolute atomic E-state index is 12.5. The van der Waals surface area contributed by atoms with Crippen molar-refractivity contribution in [3.05, 3.63) is 21.9 Å². The Morgan fingerprint density at radius 2 is 2.30 bits per heavy atom. The molecule has 1 aliphatic carbocycles. The fraction of sp³-hybridized carbons (Fsp3) is 0.571. The van der Waals surface area contributed by atoms with Crippen molar-refractivity contribution < 1.29 is 19.4 Å². The third kappa shape index (κ3) is 2.33. The molecule has 1 amide bonds. The summed E-state index contributed by atoms with van der Waals surface area (Å²) in [6.45, 7) is 2.95. The molecule has 5 nitrogen and oxygen atoms in total. The van der Waals surface area contributed by atoms with E-state index in [4.69, 9.17) is 4.74 Å². The summed E-state index contributed by atoms with van der Waals surface area (Å²) >= 11 is 1.68. The first kappa shape index (κ1) is 13.6. The predicted molar refractivity (Wildman–Crippen MR) is 73.9 cm³/mol. The first-order valence-corrected chi connectivity index (χ1v) is 7.62. The van der Waals surface area contributed by atoms with Crippen LogP contribution in [0, 0.1) is 12.8 Å². The van der Waals surface area contributed by atoms with Gasteiger partial charge in [0.15, 0.2) is 6.04 Å². The van der Waals surface area contributed by atoms with Gasteiger partial charge in [0.05, 0.1) is 13.2 Å². The second kappa shape index (κ2) is 5.18. The zero-order valence-electron chi connectivity index (χ0n) is 11.2. The Labute approximate surface area is 121 Å². The number of carbonyl (C=O) groups is 2. The van der Waals surface area contributed by atoms with Crippen LogP contribution in [0.2, 0.25) is 0 Å². The number of carboxylic acid groups (broad SMARTS) is 1. The minimum Gasteiger partial charge on any atom is -0.480 e. The summed E-state index contributed by atoms with van der Waals surface area (Å²) in [4.78, 5) is 26.5. The van der Waals surface area contributed by atoms with Crippen molar-refractivity contribution in [1.82, 2.24) is 4.90 Å². The van der Waals surface area contributed by atoms with Crippen LogP contribution in [0.25, 0.3) is 0 Å². The molecule has 1 saturated carbocycles. The molecule has 108 valence electrons. The fourth-order valence-electron chi connectivity index (χ4n) is 2.81. The maximum atomic E-state index is 12.5. The highest BCUT2D eigenvalue weighted by Crippen LogP contribution is 2.51. The SMILES string of the molecule is Cc1ccsc1C1CC1C(=O)N1CCOCC1C(=O)O. The molecule has 0 radical (unpaired) electrons. The van der Waals surface area contributed by atoms with Crippen LogP contribution in [-0.4, -0.2) is 47.7 Å². The lowest BCUT2D eigenvalue weighted by Crippen LogP contribution is -2.53. The van der Waals surface area contributed by atoms with Crippen LogP contribution < -0.4 is 0 Å². The van der Waals surface area contributed by atoms with Gasteiger partial charge in [0.1, 0.15) is 0 Å². The van der Waals surface area contributed by atoms with E-state index in [1.54, 1.807) is 11.3 Å². The summed E-state index contributed by atoms with van der Waals surface area (Å²) in [5, 5.41) is 11.2. The number of hydrogen-bond acceptors (Lipinski definition) is 4. The van der Waals surface area contributed by atoms with E-state index in [1.165, 1.54) is 15.3 Å². The number of rotatable bonds is 3. The molecule has 1 N–H and O–H groups in total. The minimum absolute atomic E-state index is 0.0292. The Morgan fingerprint density at radius 3 is 2.95 bits per heavy atom. The quantitative estimate of drug-likeness (QED) is 0.917. The van der Waals surface area contributed by atoms with Crippen LogP contribution >= 0.6 is 11.3 Å². The van der Waals surface area contributed by atoms with Crippen molar-refractivity contribution in [2.24, 2.45) is 5.92 Å². The van der Waals surface area contributed by atoms with Crippen LogP contribution in [0.3, 0.4) is 0 Å². The number of ether oxygens (including phenoxy) is 1. The van der Waals surface area contributed by atoms with Gasteiger partial charge < -0.3 is 14.7 Å². The molecule has 0 aromatic carbocycles. The zero-order valence-corrected chi connectivity index (χ0v) is 12.1. The number of carbonyl (C=O) groups excluding carboxylic acids is 1. The molecular formula is C14H17NO4S. The number of amides is 1. The minimum atomic E-state index is -0.984. The van der Waals surface area contributed by atoms with E-state index >= 15 is 0 Å². The van der Waals surface area contributed by atoms with E-state index in [0.29, 0.717) is 13.2 Å². The van der Waals surface area contributed by atoms with Gasteiger partial charge >= 0.3 is 5.97 Å². The third-order valence-corrected chi connectivity index (χ3v) is 5.19. The van der Waals surface area contributed by atoms with E-state index in [1.807, 2.05) is 5.38 Å². The summed E-state index contributed by atoms with van der Waals surface area (Å²) in [5.41, 5.74) is 1.23. The molecule has 1 aromatic heterocycles. The molecular weight excluding hydrogens is 278 g/mol. The zero-order chi connectivity index (χ0) is 14.3. The van der Waals surface area contributed by atoms with Gasteiger partial charge in [-0.15, -0.1) is 11.3 Å². The molecule has 20 heavy (non-hydrogen) atoms. The van der Waals surface area contributed by atoms with E-state index in [0.717, 1.165) is 6.42 Å². The van der Waals surface area contributed by atoms with E-state index in [2.05, 4.69) is 13.0 Å². The van der Waals surface area contributed by atoms with Crippen LogP contribution in [0.15, 0.2) is 11.4 Å². The Balaban J connectivity index is 1.71. The van der Waals surface area contributed by atoms with Gasteiger partial charge in [-0.05, 0) is 30.4 Å². The van der Waals surface area contributed by atoms with Crippen molar-refractivity contribution in [1.29, 1.82) is 0 Å². The first-order valence-electron chi connectivity index (χ1n) is 6.74. The van der Waals surface area contributed by atoms with Gasteiger partial charge in [-0.2, -0.15) is 0 Å². The average Bonchev–Trinajstić information content (AvgIpc) is 3.12. The second-order valence-corrected chi connectivity index (χ2v) is 6.32. The Kier molecular flexibility index (Phi) is 3.52. The summed E-state index contributed by atoms with van der Waals surface area (Å²) in [5.74, 6) is -0.784. The molecule has 1 aromatic rings. The number of carboxylic acids is 1. The molecule has 6 heteroatoms. The Morgan fingerprint density at radius 1 is 1.50 bits per heavy atom. The molecule has 0 bridgehead atoms. The highest BCUT2D eigenvalue weighted by atomic mass is 32.1. The van der Waals surface area contributed by atoms with Crippen LogP contribution in [0.5, 0.6) is 0 Å².